The number of rotatable bonds is 6. The van der Waals surface area contributed by atoms with E-state index in [-0.39, 0.29) is 5.75 Å². The number of sulfonamides is 1. The standard InChI is InChI=1S/C8H20N2O2S/c1-7(2)8(3)10-5-6-13(11,12)9-4/h7-10H,5-6H2,1-4H3. The first kappa shape index (κ1) is 12.9. The molecule has 0 aromatic carbocycles. The molecule has 13 heavy (non-hydrogen) atoms. The van der Waals surface area contributed by atoms with Crippen molar-refractivity contribution in [3.05, 3.63) is 0 Å². The quantitative estimate of drug-likeness (QED) is 0.654. The van der Waals surface area contributed by atoms with Gasteiger partial charge in [-0.2, -0.15) is 0 Å². The largest absolute Gasteiger partial charge is 0.313 e. The third kappa shape index (κ3) is 6.01. The Balaban J connectivity index is 3.69. The smallest absolute Gasteiger partial charge is 0.212 e. The van der Waals surface area contributed by atoms with Gasteiger partial charge >= 0.3 is 0 Å². The molecule has 4 nitrogen and oxygen atoms in total. The Hall–Kier alpha value is -0.130. The summed E-state index contributed by atoms with van der Waals surface area (Å²) in [5, 5.41) is 3.15. The highest BCUT2D eigenvalue weighted by Crippen LogP contribution is 1.98. The van der Waals surface area contributed by atoms with Crippen LogP contribution in [0.4, 0.5) is 0 Å². The van der Waals surface area contributed by atoms with Crippen molar-refractivity contribution < 1.29 is 8.42 Å². The topological polar surface area (TPSA) is 58.2 Å². The summed E-state index contributed by atoms with van der Waals surface area (Å²) in [5.74, 6) is 0.665. The van der Waals surface area contributed by atoms with E-state index < -0.39 is 10.0 Å². The van der Waals surface area contributed by atoms with E-state index in [1.54, 1.807) is 0 Å². The number of hydrogen-bond donors (Lipinski definition) is 2. The van der Waals surface area contributed by atoms with E-state index in [4.69, 9.17) is 0 Å². The molecule has 0 saturated carbocycles. The molecule has 0 aromatic heterocycles. The number of hydrogen-bond acceptors (Lipinski definition) is 3. The Kier molecular flexibility index (Phi) is 5.51. The second-order valence-corrected chi connectivity index (χ2v) is 5.56. The Morgan fingerprint density at radius 2 is 1.77 bits per heavy atom. The first-order valence-electron chi connectivity index (χ1n) is 4.53. The van der Waals surface area contributed by atoms with Gasteiger partial charge in [0, 0.05) is 12.6 Å². The fourth-order valence-electron chi connectivity index (χ4n) is 0.759. The summed E-state index contributed by atoms with van der Waals surface area (Å²) in [7, 11) is -1.62. The van der Waals surface area contributed by atoms with Gasteiger partial charge in [-0.3, -0.25) is 0 Å². The van der Waals surface area contributed by atoms with Gasteiger partial charge < -0.3 is 5.32 Å². The molecule has 0 saturated heterocycles. The van der Waals surface area contributed by atoms with E-state index in [9.17, 15) is 8.42 Å². The predicted octanol–water partition coefficient (Wildman–Crippen LogP) is 0.170. The van der Waals surface area contributed by atoms with E-state index in [1.807, 2.05) is 0 Å². The summed E-state index contributed by atoms with van der Waals surface area (Å²) in [4.78, 5) is 0. The molecule has 2 N–H and O–H groups in total. The normalized spacial score (nSPS) is 14.8. The zero-order valence-corrected chi connectivity index (χ0v) is 9.61. The molecular formula is C8H20N2O2S. The van der Waals surface area contributed by atoms with Crippen LogP contribution in [0.1, 0.15) is 20.8 Å². The monoisotopic (exact) mass is 208 g/mol. The van der Waals surface area contributed by atoms with Gasteiger partial charge in [-0.1, -0.05) is 13.8 Å². The van der Waals surface area contributed by atoms with Crippen LogP contribution in [-0.4, -0.2) is 33.8 Å². The van der Waals surface area contributed by atoms with Crippen LogP contribution in [0.3, 0.4) is 0 Å². The van der Waals surface area contributed by atoms with Gasteiger partial charge in [-0.15, -0.1) is 0 Å². The van der Waals surface area contributed by atoms with Crippen LogP contribution in [0.15, 0.2) is 0 Å². The summed E-state index contributed by atoms with van der Waals surface area (Å²) in [5.41, 5.74) is 0. The Bertz CT molecular complexity index is 224. The molecule has 5 heteroatoms. The van der Waals surface area contributed by atoms with E-state index in [0.29, 0.717) is 18.5 Å². The lowest BCUT2D eigenvalue weighted by molar-refractivity contribution is 0.436. The molecule has 0 aliphatic rings. The van der Waals surface area contributed by atoms with Crippen molar-refractivity contribution in [1.82, 2.24) is 10.0 Å². The third-order valence-corrected chi connectivity index (χ3v) is 3.51. The van der Waals surface area contributed by atoms with Gasteiger partial charge in [0.25, 0.3) is 0 Å². The fraction of sp³-hybridized carbons (Fsp3) is 1.00. The molecule has 0 aromatic rings. The molecule has 0 rings (SSSR count). The summed E-state index contributed by atoms with van der Waals surface area (Å²) < 4.78 is 24.3. The second kappa shape index (κ2) is 5.57. The van der Waals surface area contributed by atoms with Crippen LogP contribution < -0.4 is 10.0 Å². The van der Waals surface area contributed by atoms with Crippen LogP contribution in [-0.2, 0) is 10.0 Å². The molecule has 0 amide bonds. The molecule has 1 unspecified atom stereocenters. The van der Waals surface area contributed by atoms with Gasteiger partial charge in [0.05, 0.1) is 5.75 Å². The minimum absolute atomic E-state index is 0.139. The van der Waals surface area contributed by atoms with Crippen molar-refractivity contribution in [2.75, 3.05) is 19.3 Å². The molecule has 80 valence electrons. The van der Waals surface area contributed by atoms with Crippen LogP contribution in [0.5, 0.6) is 0 Å². The maximum absolute atomic E-state index is 11.0. The van der Waals surface area contributed by atoms with Crippen LogP contribution in [0.2, 0.25) is 0 Å². The average molecular weight is 208 g/mol. The Morgan fingerprint density at radius 1 is 1.23 bits per heavy atom. The van der Waals surface area contributed by atoms with Crippen molar-refractivity contribution in [1.29, 1.82) is 0 Å². The minimum atomic E-state index is -3.05. The van der Waals surface area contributed by atoms with Gasteiger partial charge in [-0.05, 0) is 19.9 Å². The molecule has 0 bridgehead atoms. The molecule has 1 atom stereocenters. The lowest BCUT2D eigenvalue weighted by Crippen LogP contribution is -2.36. The van der Waals surface area contributed by atoms with E-state index in [1.165, 1.54) is 7.05 Å². The Morgan fingerprint density at radius 3 is 2.15 bits per heavy atom. The average Bonchev–Trinajstić information content (AvgIpc) is 2.04. The lowest BCUT2D eigenvalue weighted by Gasteiger charge is -2.16. The summed E-state index contributed by atoms with van der Waals surface area (Å²) in [6.45, 7) is 6.76. The van der Waals surface area contributed by atoms with Gasteiger partial charge in [0.1, 0.15) is 0 Å². The molecule has 0 spiro atoms. The second-order valence-electron chi connectivity index (χ2n) is 3.51. The first-order chi connectivity index (χ1) is 5.89. The van der Waals surface area contributed by atoms with Crippen molar-refractivity contribution in [2.45, 2.75) is 26.8 Å². The first-order valence-corrected chi connectivity index (χ1v) is 6.19. The Labute approximate surface area is 81.2 Å². The molecule has 0 aliphatic carbocycles. The number of nitrogens with one attached hydrogen (secondary N) is 2. The van der Waals surface area contributed by atoms with Crippen molar-refractivity contribution in [3.8, 4) is 0 Å². The van der Waals surface area contributed by atoms with Gasteiger partial charge in [-0.25, -0.2) is 13.1 Å². The summed E-state index contributed by atoms with van der Waals surface area (Å²) in [6, 6.07) is 0.354. The maximum atomic E-state index is 11.0. The highest BCUT2D eigenvalue weighted by atomic mass is 32.2. The third-order valence-electron chi connectivity index (χ3n) is 2.15. The lowest BCUT2D eigenvalue weighted by atomic mass is 10.1. The van der Waals surface area contributed by atoms with Crippen LogP contribution >= 0.6 is 0 Å². The molecule has 0 heterocycles. The van der Waals surface area contributed by atoms with Crippen LogP contribution in [0, 0.1) is 5.92 Å². The zero-order chi connectivity index (χ0) is 10.5. The minimum Gasteiger partial charge on any atom is -0.313 e. The maximum Gasteiger partial charge on any atom is 0.212 e. The van der Waals surface area contributed by atoms with Crippen molar-refractivity contribution >= 4 is 10.0 Å². The van der Waals surface area contributed by atoms with Crippen molar-refractivity contribution in [2.24, 2.45) is 5.92 Å². The predicted molar refractivity (Wildman–Crippen MR) is 55.1 cm³/mol. The van der Waals surface area contributed by atoms with Gasteiger partial charge in [0.15, 0.2) is 0 Å². The molecule has 0 fully saturated rings. The molecular weight excluding hydrogens is 188 g/mol. The van der Waals surface area contributed by atoms with Crippen LogP contribution in [0.25, 0.3) is 0 Å². The van der Waals surface area contributed by atoms with Crippen molar-refractivity contribution in [3.63, 3.8) is 0 Å². The summed E-state index contributed by atoms with van der Waals surface area (Å²) in [6.07, 6.45) is 0. The summed E-state index contributed by atoms with van der Waals surface area (Å²) >= 11 is 0. The fourth-order valence-corrected chi connectivity index (χ4v) is 1.35. The highest BCUT2D eigenvalue weighted by molar-refractivity contribution is 7.89. The SMILES string of the molecule is CNS(=O)(=O)CCNC(C)C(C)C. The van der Waals surface area contributed by atoms with E-state index in [2.05, 4.69) is 30.8 Å². The van der Waals surface area contributed by atoms with Gasteiger partial charge in [0.2, 0.25) is 10.0 Å². The molecule has 0 radical (unpaired) electrons. The highest BCUT2D eigenvalue weighted by Gasteiger charge is 2.09. The zero-order valence-electron chi connectivity index (χ0n) is 8.79. The molecule has 0 aliphatic heterocycles. The van der Waals surface area contributed by atoms with E-state index in [0.717, 1.165) is 0 Å². The van der Waals surface area contributed by atoms with E-state index >= 15 is 0 Å².